The number of aromatic carboxylic acids is 1. The summed E-state index contributed by atoms with van der Waals surface area (Å²) in [5.74, 6) is -2.14. The molecule has 0 aliphatic rings. The molecule has 28 heavy (non-hydrogen) atoms. The Morgan fingerprint density at radius 1 is 1.25 bits per heavy atom. The fourth-order valence-corrected chi connectivity index (χ4v) is 2.92. The zero-order valence-electron chi connectivity index (χ0n) is 14.4. The van der Waals surface area contributed by atoms with Crippen LogP contribution >= 0.6 is 15.9 Å². The molecule has 2 heterocycles. The second-order valence-electron chi connectivity index (χ2n) is 5.84. The lowest BCUT2D eigenvalue weighted by atomic mass is 10.2. The highest BCUT2D eigenvalue weighted by Gasteiger charge is 2.15. The molecule has 0 radical (unpaired) electrons. The minimum absolute atomic E-state index is 0.00482. The molecule has 144 valence electrons. The van der Waals surface area contributed by atoms with Crippen LogP contribution in [0.1, 0.15) is 21.6 Å². The molecule has 9 heteroatoms. The fraction of sp³-hybridized carbons (Fsp3) is 0.105. The van der Waals surface area contributed by atoms with Gasteiger partial charge in [-0.25, -0.2) is 18.6 Å². The summed E-state index contributed by atoms with van der Waals surface area (Å²) in [6.07, 6.45) is 1.15. The van der Waals surface area contributed by atoms with Gasteiger partial charge in [-0.1, -0.05) is 0 Å². The van der Waals surface area contributed by atoms with E-state index in [9.17, 15) is 18.4 Å². The molecule has 0 saturated carbocycles. The number of pyridine rings is 2. The number of halogens is 3. The van der Waals surface area contributed by atoms with Crippen molar-refractivity contribution in [3.8, 4) is 11.6 Å². The summed E-state index contributed by atoms with van der Waals surface area (Å²) in [4.78, 5) is 27.7. The monoisotopic (exact) mass is 450 g/mol. The maximum atomic E-state index is 13.7. The van der Waals surface area contributed by atoms with Gasteiger partial charge in [-0.15, -0.1) is 0 Å². The number of benzene rings is 1. The van der Waals surface area contributed by atoms with Gasteiger partial charge in [-0.3, -0.25) is 9.36 Å². The predicted octanol–water partition coefficient (Wildman–Crippen LogP) is 3.86. The maximum Gasteiger partial charge on any atom is 0.337 e. The van der Waals surface area contributed by atoms with Crippen LogP contribution in [0.25, 0.3) is 5.82 Å². The Balaban J connectivity index is 1.91. The Bertz CT molecular complexity index is 1110. The van der Waals surface area contributed by atoms with Crippen molar-refractivity contribution < 1.29 is 23.4 Å². The van der Waals surface area contributed by atoms with Gasteiger partial charge in [-0.05, 0) is 47.1 Å². The van der Waals surface area contributed by atoms with E-state index in [1.807, 2.05) is 0 Å². The molecule has 0 aliphatic carbocycles. The van der Waals surface area contributed by atoms with Crippen LogP contribution in [-0.4, -0.2) is 20.6 Å². The molecule has 6 nitrogen and oxygen atoms in total. The van der Waals surface area contributed by atoms with Gasteiger partial charge in [0, 0.05) is 29.6 Å². The van der Waals surface area contributed by atoms with Gasteiger partial charge >= 0.3 is 5.97 Å². The molecule has 0 fully saturated rings. The number of carboxylic acids is 1. The summed E-state index contributed by atoms with van der Waals surface area (Å²) >= 11 is 3.17. The standard InChI is InChI=1S/C19H13BrF2N2O4/c1-10-6-15(28-9-12-2-4-13(21)7-14(12)22)17(20)18(25)24(10)16-5-3-11(8-23-16)19(26)27/h2-8H,9H2,1H3,(H,26,27). The Labute approximate surface area is 166 Å². The summed E-state index contributed by atoms with van der Waals surface area (Å²) < 4.78 is 33.6. The van der Waals surface area contributed by atoms with E-state index in [1.165, 1.54) is 22.8 Å². The Morgan fingerprint density at radius 2 is 2.00 bits per heavy atom. The quantitative estimate of drug-likeness (QED) is 0.638. The van der Waals surface area contributed by atoms with Gasteiger partial charge in [0.05, 0.1) is 5.56 Å². The van der Waals surface area contributed by atoms with E-state index in [4.69, 9.17) is 9.84 Å². The van der Waals surface area contributed by atoms with Crippen LogP contribution in [0.3, 0.4) is 0 Å². The largest absolute Gasteiger partial charge is 0.487 e. The van der Waals surface area contributed by atoms with Crippen LogP contribution < -0.4 is 10.3 Å². The van der Waals surface area contributed by atoms with E-state index >= 15 is 0 Å². The summed E-state index contributed by atoms with van der Waals surface area (Å²) in [7, 11) is 0. The third-order valence-corrected chi connectivity index (χ3v) is 4.65. The van der Waals surface area contributed by atoms with E-state index in [0.717, 1.165) is 18.3 Å². The van der Waals surface area contributed by atoms with Gasteiger partial charge in [0.15, 0.2) is 0 Å². The number of aryl methyl sites for hydroxylation is 1. The van der Waals surface area contributed by atoms with Crippen molar-refractivity contribution in [2.45, 2.75) is 13.5 Å². The Hall–Kier alpha value is -3.07. The normalized spacial score (nSPS) is 10.7. The average molecular weight is 451 g/mol. The first-order valence-electron chi connectivity index (χ1n) is 7.96. The van der Waals surface area contributed by atoms with Crippen molar-refractivity contribution in [2.24, 2.45) is 0 Å². The number of hydrogen-bond donors (Lipinski definition) is 1. The molecule has 0 aliphatic heterocycles. The number of carbonyl (C=O) groups is 1. The summed E-state index contributed by atoms with van der Waals surface area (Å²) in [5.41, 5.74) is 0.124. The zero-order valence-corrected chi connectivity index (χ0v) is 16.0. The molecule has 3 aromatic rings. The Morgan fingerprint density at radius 3 is 2.61 bits per heavy atom. The van der Waals surface area contributed by atoms with Crippen LogP contribution in [0.15, 0.2) is 51.9 Å². The number of hydrogen-bond acceptors (Lipinski definition) is 4. The highest BCUT2D eigenvalue weighted by atomic mass is 79.9. The fourth-order valence-electron chi connectivity index (χ4n) is 2.51. The van der Waals surface area contributed by atoms with Crippen molar-refractivity contribution in [1.29, 1.82) is 0 Å². The predicted molar refractivity (Wildman–Crippen MR) is 99.9 cm³/mol. The molecule has 2 aromatic heterocycles. The lowest BCUT2D eigenvalue weighted by Gasteiger charge is -2.14. The molecule has 3 rings (SSSR count). The van der Waals surface area contributed by atoms with Gasteiger partial charge < -0.3 is 9.84 Å². The van der Waals surface area contributed by atoms with Gasteiger partial charge in [0.2, 0.25) is 0 Å². The van der Waals surface area contributed by atoms with Crippen LogP contribution in [-0.2, 0) is 6.61 Å². The van der Waals surface area contributed by atoms with E-state index in [0.29, 0.717) is 5.69 Å². The van der Waals surface area contributed by atoms with Crippen molar-refractivity contribution in [2.75, 3.05) is 0 Å². The second kappa shape index (κ2) is 7.89. The topological polar surface area (TPSA) is 81.4 Å². The van der Waals surface area contributed by atoms with Crippen LogP contribution in [0.5, 0.6) is 5.75 Å². The summed E-state index contributed by atoms with van der Waals surface area (Å²) in [6.45, 7) is 1.45. The highest BCUT2D eigenvalue weighted by molar-refractivity contribution is 9.10. The van der Waals surface area contributed by atoms with Crippen molar-refractivity contribution >= 4 is 21.9 Å². The Kier molecular flexibility index (Phi) is 5.55. The lowest BCUT2D eigenvalue weighted by molar-refractivity contribution is 0.0696. The summed E-state index contributed by atoms with van der Waals surface area (Å²) in [6, 6.07) is 7.45. The molecule has 0 amide bonds. The zero-order chi connectivity index (χ0) is 20.4. The third kappa shape index (κ3) is 3.94. The van der Waals surface area contributed by atoms with E-state index < -0.39 is 23.2 Å². The lowest BCUT2D eigenvalue weighted by Crippen LogP contribution is -2.23. The molecule has 0 saturated heterocycles. The van der Waals surface area contributed by atoms with E-state index in [2.05, 4.69) is 20.9 Å². The van der Waals surface area contributed by atoms with E-state index in [1.54, 1.807) is 13.0 Å². The van der Waals surface area contributed by atoms with Crippen molar-refractivity contribution in [1.82, 2.24) is 9.55 Å². The van der Waals surface area contributed by atoms with Crippen molar-refractivity contribution in [3.63, 3.8) is 0 Å². The number of aromatic nitrogens is 2. The number of carboxylic acid groups (broad SMARTS) is 1. The molecule has 0 spiro atoms. The minimum Gasteiger partial charge on any atom is -0.487 e. The molecule has 0 atom stereocenters. The first-order valence-corrected chi connectivity index (χ1v) is 8.76. The number of rotatable bonds is 5. The SMILES string of the molecule is Cc1cc(OCc2ccc(F)cc2F)c(Br)c(=O)n1-c1ccc(C(=O)O)cn1. The smallest absolute Gasteiger partial charge is 0.337 e. The molecule has 1 N–H and O–H groups in total. The average Bonchev–Trinajstić information content (AvgIpc) is 2.65. The van der Waals surface area contributed by atoms with Gasteiger partial charge in [0.25, 0.3) is 5.56 Å². The minimum atomic E-state index is -1.12. The van der Waals surface area contributed by atoms with Crippen LogP contribution in [0, 0.1) is 18.6 Å². The molecule has 0 bridgehead atoms. The first-order chi connectivity index (χ1) is 13.3. The van der Waals surface area contributed by atoms with Gasteiger partial charge in [-0.2, -0.15) is 0 Å². The number of nitrogens with zero attached hydrogens (tertiary/aromatic N) is 2. The molecule has 1 aromatic carbocycles. The first kappa shape index (κ1) is 19.7. The highest BCUT2D eigenvalue weighted by Crippen LogP contribution is 2.25. The van der Waals surface area contributed by atoms with Crippen molar-refractivity contribution in [3.05, 3.63) is 85.9 Å². The second-order valence-corrected chi connectivity index (χ2v) is 6.63. The molecular weight excluding hydrogens is 438 g/mol. The maximum absolute atomic E-state index is 13.7. The molecule has 0 unspecified atom stereocenters. The van der Waals surface area contributed by atoms with Crippen LogP contribution in [0.4, 0.5) is 8.78 Å². The van der Waals surface area contributed by atoms with E-state index in [-0.39, 0.29) is 33.8 Å². The molecular formula is C19H13BrF2N2O4. The van der Waals surface area contributed by atoms with Crippen LogP contribution in [0.2, 0.25) is 0 Å². The third-order valence-electron chi connectivity index (χ3n) is 3.92. The summed E-state index contributed by atoms with van der Waals surface area (Å²) in [5, 5.41) is 8.94. The number of ether oxygens (including phenoxy) is 1. The van der Waals surface area contributed by atoms with Gasteiger partial charge in [0.1, 0.15) is 34.3 Å².